The van der Waals surface area contributed by atoms with Gasteiger partial charge in [0.25, 0.3) is 15.9 Å². The lowest BCUT2D eigenvalue weighted by atomic mass is 10.2. The summed E-state index contributed by atoms with van der Waals surface area (Å²) in [4.78, 5) is 15.9. The summed E-state index contributed by atoms with van der Waals surface area (Å²) in [6, 6.07) is 7.02. The molecule has 0 unspecified atom stereocenters. The molecule has 2 aromatic rings. The van der Waals surface area contributed by atoms with E-state index in [1.807, 2.05) is 26.0 Å². The quantitative estimate of drug-likeness (QED) is 0.683. The third-order valence-corrected chi connectivity index (χ3v) is 6.19. The molecule has 0 saturated carbocycles. The maximum atomic E-state index is 12.5. The predicted molar refractivity (Wildman–Crippen MR) is 98.6 cm³/mol. The van der Waals surface area contributed by atoms with Crippen molar-refractivity contribution in [2.24, 2.45) is 0 Å². The number of thiazole rings is 1. The lowest BCUT2D eigenvalue weighted by molar-refractivity contribution is -0.120. The molecule has 1 aromatic carbocycles. The van der Waals surface area contributed by atoms with Gasteiger partial charge in [-0.05, 0) is 32.4 Å². The average molecular weight is 383 g/mol. The molecule has 25 heavy (non-hydrogen) atoms. The summed E-state index contributed by atoms with van der Waals surface area (Å²) in [5.74, 6) is -0.363. The van der Waals surface area contributed by atoms with E-state index in [0.29, 0.717) is 18.0 Å². The largest absolute Gasteiger partial charge is 0.372 e. The normalized spacial score (nSPS) is 11.3. The number of benzene rings is 1. The average Bonchev–Trinajstić information content (AvgIpc) is 2.91. The number of amides is 1. The van der Waals surface area contributed by atoms with Gasteiger partial charge in [0.2, 0.25) is 0 Å². The molecular weight excluding hydrogens is 362 g/mol. The van der Waals surface area contributed by atoms with Gasteiger partial charge in [0.1, 0.15) is 6.61 Å². The molecule has 1 aromatic heterocycles. The molecule has 0 bridgehead atoms. The maximum Gasteiger partial charge on any atom is 0.273 e. The van der Waals surface area contributed by atoms with E-state index in [2.05, 4.69) is 15.0 Å². The van der Waals surface area contributed by atoms with Gasteiger partial charge in [-0.25, -0.2) is 13.4 Å². The van der Waals surface area contributed by atoms with Crippen molar-refractivity contribution in [3.8, 4) is 0 Å². The number of hydrogen-bond donors (Lipinski definition) is 2. The number of carbonyl (C=O) groups is 1. The van der Waals surface area contributed by atoms with E-state index < -0.39 is 10.0 Å². The van der Waals surface area contributed by atoms with E-state index in [4.69, 9.17) is 4.74 Å². The molecule has 136 valence electrons. The van der Waals surface area contributed by atoms with E-state index in [1.54, 1.807) is 19.1 Å². The Morgan fingerprint density at radius 1 is 1.24 bits per heavy atom. The van der Waals surface area contributed by atoms with Crippen molar-refractivity contribution in [2.75, 3.05) is 23.3 Å². The van der Waals surface area contributed by atoms with Gasteiger partial charge in [0.05, 0.1) is 5.69 Å². The van der Waals surface area contributed by atoms with Crippen LogP contribution >= 0.6 is 11.3 Å². The van der Waals surface area contributed by atoms with Gasteiger partial charge < -0.3 is 4.74 Å². The molecule has 0 spiro atoms. The second-order valence-corrected chi connectivity index (χ2v) is 8.34. The molecule has 2 rings (SSSR count). The fourth-order valence-electron chi connectivity index (χ4n) is 1.97. The highest BCUT2D eigenvalue weighted by Gasteiger charge is 2.22. The van der Waals surface area contributed by atoms with E-state index in [-0.39, 0.29) is 21.9 Å². The zero-order valence-corrected chi connectivity index (χ0v) is 16.0. The van der Waals surface area contributed by atoms with Crippen LogP contribution in [-0.2, 0) is 19.6 Å². The van der Waals surface area contributed by atoms with Crippen LogP contribution in [0.4, 0.5) is 10.8 Å². The van der Waals surface area contributed by atoms with Crippen molar-refractivity contribution in [2.45, 2.75) is 31.4 Å². The number of nitrogens with one attached hydrogen (secondary N) is 2. The third-order valence-electron chi connectivity index (χ3n) is 3.13. The first kappa shape index (κ1) is 19.4. The summed E-state index contributed by atoms with van der Waals surface area (Å²) in [7, 11) is -3.77. The smallest absolute Gasteiger partial charge is 0.273 e. The SMILES string of the molecule is CCCOCC(=O)Nc1nc(C)c(S(=O)(=O)Nc2ccc(C)cc2)s1. The molecule has 1 amide bonds. The molecule has 7 nitrogen and oxygen atoms in total. The lowest BCUT2D eigenvalue weighted by Crippen LogP contribution is -2.18. The van der Waals surface area contributed by atoms with E-state index in [9.17, 15) is 13.2 Å². The monoisotopic (exact) mass is 383 g/mol. The number of aryl methyl sites for hydroxylation is 2. The second kappa shape index (κ2) is 8.41. The van der Waals surface area contributed by atoms with E-state index in [0.717, 1.165) is 23.3 Å². The molecule has 0 atom stereocenters. The summed E-state index contributed by atoms with van der Waals surface area (Å²) in [6.45, 7) is 5.86. The Morgan fingerprint density at radius 3 is 2.56 bits per heavy atom. The van der Waals surface area contributed by atoms with Crippen LogP contribution in [0.1, 0.15) is 24.6 Å². The van der Waals surface area contributed by atoms with Crippen LogP contribution in [0, 0.1) is 13.8 Å². The minimum absolute atomic E-state index is 0.0675. The Balaban J connectivity index is 2.09. The molecular formula is C16H21N3O4S2. The zero-order chi connectivity index (χ0) is 18.4. The zero-order valence-electron chi connectivity index (χ0n) is 14.3. The molecule has 9 heteroatoms. The standard InChI is InChI=1S/C16H21N3O4S2/c1-4-9-23-10-14(20)18-16-17-12(3)15(24-16)25(21,22)19-13-7-5-11(2)6-8-13/h5-8,19H,4,9-10H2,1-3H3,(H,17,18,20). The van der Waals surface area contributed by atoms with Crippen LogP contribution in [0.2, 0.25) is 0 Å². The van der Waals surface area contributed by atoms with Crippen molar-refractivity contribution < 1.29 is 17.9 Å². The predicted octanol–water partition coefficient (Wildman–Crippen LogP) is 2.93. The Labute approximate surface area is 151 Å². The minimum Gasteiger partial charge on any atom is -0.372 e. The first-order valence-corrected chi connectivity index (χ1v) is 10.1. The molecule has 2 N–H and O–H groups in total. The van der Waals surface area contributed by atoms with Crippen molar-refractivity contribution in [3.63, 3.8) is 0 Å². The second-order valence-electron chi connectivity index (χ2n) is 5.46. The summed E-state index contributed by atoms with van der Waals surface area (Å²) >= 11 is 0.907. The number of rotatable bonds is 8. The minimum atomic E-state index is -3.77. The Hall–Kier alpha value is -1.97. The number of ether oxygens (including phenoxy) is 1. The van der Waals surface area contributed by atoms with Crippen molar-refractivity contribution >= 4 is 38.1 Å². The Kier molecular flexibility index (Phi) is 6.51. The molecule has 0 aliphatic rings. The van der Waals surface area contributed by atoms with Crippen LogP contribution in [-0.4, -0.2) is 32.5 Å². The first-order chi connectivity index (χ1) is 11.8. The van der Waals surface area contributed by atoms with Gasteiger partial charge in [-0.3, -0.25) is 14.8 Å². The number of hydrogen-bond acceptors (Lipinski definition) is 6. The number of aromatic nitrogens is 1. The van der Waals surface area contributed by atoms with Crippen LogP contribution in [0.3, 0.4) is 0 Å². The Morgan fingerprint density at radius 2 is 1.92 bits per heavy atom. The van der Waals surface area contributed by atoms with Gasteiger partial charge in [0.15, 0.2) is 9.34 Å². The molecule has 0 aliphatic carbocycles. The summed E-state index contributed by atoms with van der Waals surface area (Å²) < 4.78 is 32.8. The molecule has 0 fully saturated rings. The van der Waals surface area contributed by atoms with Crippen LogP contribution in [0.15, 0.2) is 28.5 Å². The van der Waals surface area contributed by atoms with Crippen LogP contribution in [0.5, 0.6) is 0 Å². The fraction of sp³-hybridized carbons (Fsp3) is 0.375. The van der Waals surface area contributed by atoms with Crippen LogP contribution < -0.4 is 10.0 Å². The number of carbonyl (C=O) groups excluding carboxylic acids is 1. The fourth-order valence-corrected chi connectivity index (χ4v) is 4.46. The molecule has 0 saturated heterocycles. The van der Waals surface area contributed by atoms with E-state index >= 15 is 0 Å². The highest BCUT2D eigenvalue weighted by molar-refractivity contribution is 7.94. The molecule has 1 heterocycles. The van der Waals surface area contributed by atoms with Gasteiger partial charge in [-0.2, -0.15) is 0 Å². The summed E-state index contributed by atoms with van der Waals surface area (Å²) in [5.41, 5.74) is 1.83. The van der Waals surface area contributed by atoms with Gasteiger partial charge >= 0.3 is 0 Å². The number of anilines is 2. The highest BCUT2D eigenvalue weighted by Crippen LogP contribution is 2.28. The van der Waals surface area contributed by atoms with Crippen molar-refractivity contribution in [1.82, 2.24) is 4.98 Å². The van der Waals surface area contributed by atoms with Gasteiger partial charge in [-0.15, -0.1) is 0 Å². The maximum absolute atomic E-state index is 12.5. The lowest BCUT2D eigenvalue weighted by Gasteiger charge is -2.06. The van der Waals surface area contributed by atoms with Gasteiger partial charge in [-0.1, -0.05) is 36.0 Å². The highest BCUT2D eigenvalue weighted by atomic mass is 32.2. The van der Waals surface area contributed by atoms with Crippen LogP contribution in [0.25, 0.3) is 0 Å². The number of nitrogens with zero attached hydrogens (tertiary/aromatic N) is 1. The van der Waals surface area contributed by atoms with E-state index in [1.165, 1.54) is 0 Å². The van der Waals surface area contributed by atoms with Crippen molar-refractivity contribution in [1.29, 1.82) is 0 Å². The van der Waals surface area contributed by atoms with Crippen molar-refractivity contribution in [3.05, 3.63) is 35.5 Å². The summed E-state index contributed by atoms with van der Waals surface area (Å²) in [6.07, 6.45) is 0.816. The van der Waals surface area contributed by atoms with Gasteiger partial charge in [0, 0.05) is 12.3 Å². The topological polar surface area (TPSA) is 97.4 Å². The number of sulfonamides is 1. The third kappa shape index (κ3) is 5.52. The first-order valence-electron chi connectivity index (χ1n) is 7.76. The Bertz CT molecular complexity index is 830. The molecule has 0 radical (unpaired) electrons. The summed E-state index contributed by atoms with van der Waals surface area (Å²) in [5, 5.41) is 2.79. The molecule has 0 aliphatic heterocycles.